The van der Waals surface area contributed by atoms with E-state index >= 15 is 0 Å². The van der Waals surface area contributed by atoms with Crippen molar-refractivity contribution in [3.05, 3.63) is 41.5 Å². The molecule has 2 amide bonds. The van der Waals surface area contributed by atoms with Crippen LogP contribution in [0.4, 0.5) is 5.69 Å². The van der Waals surface area contributed by atoms with Gasteiger partial charge in [-0.1, -0.05) is 0 Å². The number of fused-ring (bicyclic) bond motifs is 1. The Morgan fingerprint density at radius 3 is 2.62 bits per heavy atom. The molecule has 1 aliphatic rings. The zero-order valence-electron chi connectivity index (χ0n) is 11.8. The Balaban J connectivity index is 1.93. The fourth-order valence-electron chi connectivity index (χ4n) is 2.41. The SMILES string of the molecule is CC(C)n1ncnc1CN1C(=O)c2ccc(N)cc2C1=O. The predicted molar refractivity (Wildman–Crippen MR) is 75.5 cm³/mol. The summed E-state index contributed by atoms with van der Waals surface area (Å²) < 4.78 is 1.69. The van der Waals surface area contributed by atoms with Crippen molar-refractivity contribution in [3.8, 4) is 0 Å². The van der Waals surface area contributed by atoms with Crippen molar-refractivity contribution in [1.82, 2.24) is 19.7 Å². The molecule has 1 aromatic carbocycles. The number of benzene rings is 1. The van der Waals surface area contributed by atoms with Crippen LogP contribution in [0.25, 0.3) is 0 Å². The highest BCUT2D eigenvalue weighted by Crippen LogP contribution is 2.26. The van der Waals surface area contributed by atoms with Crippen molar-refractivity contribution < 1.29 is 9.59 Å². The van der Waals surface area contributed by atoms with Gasteiger partial charge >= 0.3 is 0 Å². The second-order valence-electron chi connectivity index (χ2n) is 5.22. The predicted octanol–water partition coefficient (Wildman–Crippen LogP) is 1.24. The molecule has 7 heteroatoms. The summed E-state index contributed by atoms with van der Waals surface area (Å²) in [6, 6.07) is 4.83. The van der Waals surface area contributed by atoms with E-state index in [1.165, 1.54) is 17.3 Å². The van der Waals surface area contributed by atoms with Crippen molar-refractivity contribution in [3.63, 3.8) is 0 Å². The first kappa shape index (κ1) is 13.3. The Morgan fingerprint density at radius 2 is 1.90 bits per heavy atom. The first-order chi connectivity index (χ1) is 9.99. The fourth-order valence-corrected chi connectivity index (χ4v) is 2.41. The van der Waals surface area contributed by atoms with Crippen molar-refractivity contribution in [2.24, 2.45) is 0 Å². The van der Waals surface area contributed by atoms with E-state index in [2.05, 4.69) is 10.1 Å². The molecule has 0 atom stereocenters. The number of hydrogen-bond acceptors (Lipinski definition) is 5. The van der Waals surface area contributed by atoms with Crippen LogP contribution in [0.15, 0.2) is 24.5 Å². The summed E-state index contributed by atoms with van der Waals surface area (Å²) in [6.07, 6.45) is 1.42. The quantitative estimate of drug-likeness (QED) is 0.676. The molecule has 3 rings (SSSR count). The highest BCUT2D eigenvalue weighted by molar-refractivity contribution is 6.21. The number of amides is 2. The lowest BCUT2D eigenvalue weighted by molar-refractivity contribution is 0.0635. The van der Waals surface area contributed by atoms with Crippen molar-refractivity contribution in [2.75, 3.05) is 5.73 Å². The standard InChI is InChI=1S/C14H15N5O2/c1-8(2)19-12(16-7-17-19)6-18-13(20)10-4-3-9(15)5-11(10)14(18)21/h3-5,7-8H,6,15H2,1-2H3. The van der Waals surface area contributed by atoms with E-state index in [-0.39, 0.29) is 24.4 Å². The maximum Gasteiger partial charge on any atom is 0.262 e. The van der Waals surface area contributed by atoms with E-state index in [9.17, 15) is 9.59 Å². The second kappa shape index (κ2) is 4.69. The zero-order valence-corrected chi connectivity index (χ0v) is 11.8. The molecule has 1 aromatic heterocycles. The Kier molecular flexibility index (Phi) is 2.97. The largest absolute Gasteiger partial charge is 0.399 e. The van der Waals surface area contributed by atoms with Crippen LogP contribution >= 0.6 is 0 Å². The normalized spacial score (nSPS) is 14.1. The molecule has 0 saturated carbocycles. The van der Waals surface area contributed by atoms with Gasteiger partial charge in [0.25, 0.3) is 11.8 Å². The maximum atomic E-state index is 12.4. The summed E-state index contributed by atoms with van der Waals surface area (Å²) in [5.74, 6) is -0.0959. The van der Waals surface area contributed by atoms with Crippen molar-refractivity contribution >= 4 is 17.5 Å². The number of nitrogens with two attached hydrogens (primary N) is 1. The molecule has 1 aliphatic heterocycles. The summed E-state index contributed by atoms with van der Waals surface area (Å²) in [7, 11) is 0. The Bertz CT molecular complexity index is 735. The number of hydrogen-bond donors (Lipinski definition) is 1. The number of carbonyl (C=O) groups is 2. The van der Waals surface area contributed by atoms with Gasteiger partial charge in [-0.3, -0.25) is 14.5 Å². The molecular formula is C14H15N5O2. The van der Waals surface area contributed by atoms with E-state index in [0.717, 1.165) is 0 Å². The lowest BCUT2D eigenvalue weighted by Gasteiger charge is -2.15. The lowest BCUT2D eigenvalue weighted by Crippen LogP contribution is -2.30. The molecule has 0 unspecified atom stereocenters. The van der Waals surface area contributed by atoms with Gasteiger partial charge in [0.15, 0.2) is 0 Å². The Hall–Kier alpha value is -2.70. The summed E-state index contributed by atoms with van der Waals surface area (Å²) in [5, 5.41) is 4.11. The molecule has 108 valence electrons. The van der Waals surface area contributed by atoms with E-state index in [4.69, 9.17) is 5.73 Å². The third kappa shape index (κ3) is 2.06. The van der Waals surface area contributed by atoms with Crippen molar-refractivity contribution in [2.45, 2.75) is 26.4 Å². The van der Waals surface area contributed by atoms with Crippen molar-refractivity contribution in [1.29, 1.82) is 0 Å². The molecule has 0 radical (unpaired) electrons. The zero-order chi connectivity index (χ0) is 15.1. The number of aromatic nitrogens is 3. The molecule has 2 N–H and O–H groups in total. The average molecular weight is 285 g/mol. The lowest BCUT2D eigenvalue weighted by atomic mass is 10.1. The molecular weight excluding hydrogens is 270 g/mol. The molecule has 0 fully saturated rings. The van der Waals surface area contributed by atoms with E-state index in [0.29, 0.717) is 22.6 Å². The summed E-state index contributed by atoms with van der Waals surface area (Å²) in [5.41, 5.74) is 6.86. The van der Waals surface area contributed by atoms with Gasteiger partial charge in [0.2, 0.25) is 0 Å². The molecule has 0 saturated heterocycles. The van der Waals surface area contributed by atoms with Crippen LogP contribution < -0.4 is 5.73 Å². The molecule has 21 heavy (non-hydrogen) atoms. The number of imide groups is 1. The number of anilines is 1. The van der Waals surface area contributed by atoms with Crippen LogP contribution in [-0.2, 0) is 6.54 Å². The van der Waals surface area contributed by atoms with Gasteiger partial charge in [0.1, 0.15) is 12.2 Å². The molecule has 0 aliphatic carbocycles. The smallest absolute Gasteiger partial charge is 0.262 e. The number of rotatable bonds is 3. The van der Waals surface area contributed by atoms with Crippen LogP contribution in [0.1, 0.15) is 46.4 Å². The Morgan fingerprint density at radius 1 is 1.19 bits per heavy atom. The minimum Gasteiger partial charge on any atom is -0.399 e. The minimum atomic E-state index is -0.347. The van der Waals surface area contributed by atoms with Crippen LogP contribution in [-0.4, -0.2) is 31.5 Å². The van der Waals surface area contributed by atoms with E-state index < -0.39 is 0 Å². The van der Waals surface area contributed by atoms with Gasteiger partial charge in [0.05, 0.1) is 17.7 Å². The van der Waals surface area contributed by atoms with Crippen LogP contribution in [0.2, 0.25) is 0 Å². The summed E-state index contributed by atoms with van der Waals surface area (Å²) >= 11 is 0. The van der Waals surface area contributed by atoms with E-state index in [1.807, 2.05) is 13.8 Å². The summed E-state index contributed by atoms with van der Waals surface area (Å²) in [4.78, 5) is 30.0. The number of nitrogens with zero attached hydrogens (tertiary/aromatic N) is 4. The van der Waals surface area contributed by atoms with Gasteiger partial charge in [-0.2, -0.15) is 5.10 Å². The number of carbonyl (C=O) groups excluding carboxylic acids is 2. The maximum absolute atomic E-state index is 12.4. The first-order valence-electron chi connectivity index (χ1n) is 6.63. The summed E-state index contributed by atoms with van der Waals surface area (Å²) in [6.45, 7) is 4.02. The van der Waals surface area contributed by atoms with Gasteiger partial charge in [0, 0.05) is 11.7 Å². The molecule has 2 heterocycles. The van der Waals surface area contributed by atoms with Gasteiger partial charge in [-0.15, -0.1) is 0 Å². The third-order valence-corrected chi connectivity index (χ3v) is 3.43. The minimum absolute atomic E-state index is 0.102. The highest BCUT2D eigenvalue weighted by Gasteiger charge is 2.36. The van der Waals surface area contributed by atoms with Gasteiger partial charge < -0.3 is 5.73 Å². The highest BCUT2D eigenvalue weighted by atomic mass is 16.2. The van der Waals surface area contributed by atoms with Crippen LogP contribution in [0, 0.1) is 0 Å². The average Bonchev–Trinajstić information content (AvgIpc) is 2.99. The topological polar surface area (TPSA) is 94.1 Å². The first-order valence-corrected chi connectivity index (χ1v) is 6.63. The van der Waals surface area contributed by atoms with E-state index in [1.54, 1.807) is 16.8 Å². The molecule has 0 spiro atoms. The molecule has 2 aromatic rings. The van der Waals surface area contributed by atoms with Crippen LogP contribution in [0.5, 0.6) is 0 Å². The monoisotopic (exact) mass is 285 g/mol. The molecule has 7 nitrogen and oxygen atoms in total. The second-order valence-corrected chi connectivity index (χ2v) is 5.22. The van der Waals surface area contributed by atoms with Gasteiger partial charge in [-0.25, -0.2) is 9.67 Å². The fraction of sp³-hybridized carbons (Fsp3) is 0.286. The Labute approximate surface area is 121 Å². The number of nitrogen functional groups attached to an aromatic ring is 1. The van der Waals surface area contributed by atoms with Gasteiger partial charge in [-0.05, 0) is 32.0 Å². The van der Waals surface area contributed by atoms with Crippen LogP contribution in [0.3, 0.4) is 0 Å². The third-order valence-electron chi connectivity index (χ3n) is 3.43. The molecule has 0 bridgehead atoms.